The van der Waals surface area contributed by atoms with Crippen LogP contribution in [0, 0.1) is 6.92 Å². The van der Waals surface area contributed by atoms with Crippen molar-refractivity contribution >= 4 is 34.5 Å². The summed E-state index contributed by atoms with van der Waals surface area (Å²) < 4.78 is 0. The maximum atomic E-state index is 12.9. The van der Waals surface area contributed by atoms with Crippen molar-refractivity contribution in [3.05, 3.63) is 45.1 Å². The van der Waals surface area contributed by atoms with Crippen LogP contribution in [0.15, 0.2) is 23.6 Å². The van der Waals surface area contributed by atoms with E-state index in [1.165, 1.54) is 28.9 Å². The number of aryl methyl sites for hydroxylation is 2. The summed E-state index contributed by atoms with van der Waals surface area (Å²) in [5, 5.41) is 8.01. The summed E-state index contributed by atoms with van der Waals surface area (Å²) in [5.41, 5.74) is 4.81. The molecule has 0 spiro atoms. The molecule has 2 aromatic rings. The monoisotopic (exact) mass is 371 g/mol. The minimum absolute atomic E-state index is 0.0909. The van der Waals surface area contributed by atoms with Crippen LogP contribution in [0.25, 0.3) is 0 Å². The highest BCUT2D eigenvalue weighted by Gasteiger charge is 2.21. The number of benzene rings is 1. The molecule has 6 heteroatoms. The molecule has 26 heavy (non-hydrogen) atoms. The van der Waals surface area contributed by atoms with Gasteiger partial charge in [0, 0.05) is 0 Å². The Bertz CT molecular complexity index is 826. The molecular weight excluding hydrogens is 346 g/mol. The molecule has 0 fully saturated rings. The van der Waals surface area contributed by atoms with E-state index in [0.29, 0.717) is 17.9 Å². The lowest BCUT2D eigenvalue weighted by atomic mass is 9.94. The van der Waals surface area contributed by atoms with Gasteiger partial charge < -0.3 is 15.5 Å². The predicted octanol–water partition coefficient (Wildman–Crippen LogP) is 3.69. The van der Waals surface area contributed by atoms with Gasteiger partial charge in [-0.1, -0.05) is 6.07 Å². The first-order valence-electron chi connectivity index (χ1n) is 8.90. The molecule has 0 bridgehead atoms. The van der Waals surface area contributed by atoms with Crippen LogP contribution in [0.2, 0.25) is 0 Å². The van der Waals surface area contributed by atoms with Crippen LogP contribution in [0.5, 0.6) is 0 Å². The first kappa shape index (κ1) is 18.6. The smallest absolute Gasteiger partial charge is 0.266 e. The molecule has 0 aliphatic heterocycles. The van der Waals surface area contributed by atoms with Crippen LogP contribution < -0.4 is 10.6 Å². The number of carbonyl (C=O) groups excluding carboxylic acids is 2. The molecule has 0 radical (unpaired) electrons. The zero-order chi connectivity index (χ0) is 18.7. The van der Waals surface area contributed by atoms with Crippen molar-refractivity contribution in [3.8, 4) is 0 Å². The minimum atomic E-state index is -0.108. The highest BCUT2D eigenvalue weighted by molar-refractivity contribution is 7.12. The Kier molecular flexibility index (Phi) is 5.74. The molecule has 2 N–H and O–H groups in total. The van der Waals surface area contributed by atoms with Crippen LogP contribution in [-0.4, -0.2) is 37.4 Å². The van der Waals surface area contributed by atoms with Crippen molar-refractivity contribution in [1.82, 2.24) is 4.90 Å². The first-order chi connectivity index (χ1) is 12.4. The molecular formula is C20H25N3O2S. The highest BCUT2D eigenvalue weighted by atomic mass is 32.1. The molecule has 138 valence electrons. The lowest BCUT2D eigenvalue weighted by Crippen LogP contribution is -2.27. The summed E-state index contributed by atoms with van der Waals surface area (Å²) in [5.74, 6) is -0.199. The van der Waals surface area contributed by atoms with Gasteiger partial charge in [-0.25, -0.2) is 0 Å². The van der Waals surface area contributed by atoms with Crippen LogP contribution in [0.4, 0.5) is 11.4 Å². The van der Waals surface area contributed by atoms with Gasteiger partial charge in [0.05, 0.1) is 22.8 Å². The number of likely N-dealkylation sites (N-methyl/N-ethyl adjacent to an activating group) is 1. The maximum Gasteiger partial charge on any atom is 0.266 e. The first-order valence-corrected chi connectivity index (χ1v) is 9.78. The van der Waals surface area contributed by atoms with Crippen LogP contribution in [0.1, 0.15) is 39.2 Å². The van der Waals surface area contributed by atoms with Gasteiger partial charge in [-0.15, -0.1) is 11.3 Å². The zero-order valence-corrected chi connectivity index (χ0v) is 16.3. The zero-order valence-electron chi connectivity index (χ0n) is 15.5. The molecule has 5 nitrogen and oxygen atoms in total. The average molecular weight is 372 g/mol. The highest BCUT2D eigenvalue weighted by Crippen LogP contribution is 2.31. The topological polar surface area (TPSA) is 61.4 Å². The largest absolute Gasteiger partial charge is 0.323 e. The van der Waals surface area contributed by atoms with Crippen molar-refractivity contribution < 1.29 is 9.59 Å². The summed E-state index contributed by atoms with van der Waals surface area (Å²) >= 11 is 1.52. The summed E-state index contributed by atoms with van der Waals surface area (Å²) in [6.45, 7) is 2.26. The van der Waals surface area contributed by atoms with E-state index in [-0.39, 0.29) is 11.8 Å². The Labute approximate surface area is 158 Å². The summed E-state index contributed by atoms with van der Waals surface area (Å²) in [6, 6.07) is 5.65. The van der Waals surface area contributed by atoms with Gasteiger partial charge >= 0.3 is 0 Å². The number of carbonyl (C=O) groups is 2. The van der Waals surface area contributed by atoms with Gasteiger partial charge in [0.2, 0.25) is 5.91 Å². The van der Waals surface area contributed by atoms with Crippen molar-refractivity contribution in [1.29, 1.82) is 0 Å². The van der Waals surface area contributed by atoms with Crippen LogP contribution >= 0.6 is 11.3 Å². The van der Waals surface area contributed by atoms with E-state index in [1.807, 2.05) is 39.2 Å². The van der Waals surface area contributed by atoms with Crippen molar-refractivity contribution in [2.75, 3.05) is 31.3 Å². The number of hydrogen-bond donors (Lipinski definition) is 2. The van der Waals surface area contributed by atoms with Gasteiger partial charge in [-0.2, -0.15) is 0 Å². The summed E-state index contributed by atoms with van der Waals surface area (Å²) in [4.78, 5) is 27.6. The number of thiophene rings is 1. The van der Waals surface area contributed by atoms with Gasteiger partial charge in [0.1, 0.15) is 0 Å². The average Bonchev–Trinajstić information content (AvgIpc) is 3.01. The number of nitrogens with zero attached hydrogens (tertiary/aromatic N) is 1. The molecule has 2 amide bonds. The molecule has 1 heterocycles. The Morgan fingerprint density at radius 2 is 1.88 bits per heavy atom. The Balaban J connectivity index is 1.80. The SMILES string of the molecule is Cc1ccc(NC(=O)CN(C)C)c(NC(=O)c2scc3c2CCCC3)c1. The lowest BCUT2D eigenvalue weighted by Gasteiger charge is -2.16. The summed E-state index contributed by atoms with van der Waals surface area (Å²) in [7, 11) is 3.69. The quantitative estimate of drug-likeness (QED) is 0.843. The van der Waals surface area contributed by atoms with Crippen LogP contribution in [0.3, 0.4) is 0 Å². The fourth-order valence-corrected chi connectivity index (χ4v) is 4.29. The van der Waals surface area contributed by atoms with E-state index in [0.717, 1.165) is 29.7 Å². The third-order valence-electron chi connectivity index (χ3n) is 4.47. The molecule has 1 aliphatic carbocycles. The van der Waals surface area contributed by atoms with Crippen molar-refractivity contribution in [3.63, 3.8) is 0 Å². The molecule has 0 unspecified atom stereocenters. The second-order valence-electron chi connectivity index (χ2n) is 7.06. The fraction of sp³-hybridized carbons (Fsp3) is 0.400. The molecule has 1 aromatic heterocycles. The van der Waals surface area contributed by atoms with Crippen molar-refractivity contribution in [2.45, 2.75) is 32.6 Å². The van der Waals surface area contributed by atoms with Gasteiger partial charge in [-0.3, -0.25) is 9.59 Å². The molecule has 0 atom stereocenters. The number of fused-ring (bicyclic) bond motifs is 1. The van der Waals surface area contributed by atoms with E-state index in [9.17, 15) is 9.59 Å². The molecule has 0 saturated heterocycles. The summed E-state index contributed by atoms with van der Waals surface area (Å²) in [6.07, 6.45) is 4.38. The third-order valence-corrected chi connectivity index (χ3v) is 5.54. The number of nitrogens with one attached hydrogen (secondary N) is 2. The lowest BCUT2D eigenvalue weighted by molar-refractivity contribution is -0.116. The van der Waals surface area contributed by atoms with E-state index in [1.54, 1.807) is 4.90 Å². The molecule has 1 aliphatic rings. The van der Waals surface area contributed by atoms with E-state index in [2.05, 4.69) is 16.0 Å². The minimum Gasteiger partial charge on any atom is -0.323 e. The molecule has 0 saturated carbocycles. The van der Waals surface area contributed by atoms with E-state index < -0.39 is 0 Å². The Hall–Kier alpha value is -2.18. The molecule has 1 aromatic carbocycles. The van der Waals surface area contributed by atoms with E-state index >= 15 is 0 Å². The van der Waals surface area contributed by atoms with Gasteiger partial charge in [0.15, 0.2) is 0 Å². The second-order valence-corrected chi connectivity index (χ2v) is 7.94. The number of anilines is 2. The van der Waals surface area contributed by atoms with E-state index in [4.69, 9.17) is 0 Å². The maximum absolute atomic E-state index is 12.9. The van der Waals surface area contributed by atoms with Gasteiger partial charge in [-0.05, 0) is 80.9 Å². The molecule has 3 rings (SSSR count). The predicted molar refractivity (Wildman–Crippen MR) is 107 cm³/mol. The Morgan fingerprint density at radius 1 is 1.12 bits per heavy atom. The van der Waals surface area contributed by atoms with Crippen LogP contribution in [-0.2, 0) is 17.6 Å². The van der Waals surface area contributed by atoms with Crippen molar-refractivity contribution in [2.24, 2.45) is 0 Å². The normalized spacial score (nSPS) is 13.4. The number of hydrogen-bond acceptors (Lipinski definition) is 4. The second kappa shape index (κ2) is 8.01. The Morgan fingerprint density at radius 3 is 2.65 bits per heavy atom. The number of rotatable bonds is 5. The standard InChI is InChI=1S/C20H25N3O2S/c1-13-8-9-16(21-18(24)11-23(2)3)17(10-13)22-20(25)19-15-7-5-4-6-14(15)12-26-19/h8-10,12H,4-7,11H2,1-3H3,(H,21,24)(H,22,25). The third kappa shape index (κ3) is 4.31. The number of amides is 2. The van der Waals surface area contributed by atoms with Gasteiger partial charge in [0.25, 0.3) is 5.91 Å². The fourth-order valence-electron chi connectivity index (χ4n) is 3.24.